The Bertz CT molecular complexity index is 456. The highest BCUT2D eigenvalue weighted by Crippen LogP contribution is 2.24. The van der Waals surface area contributed by atoms with E-state index in [-0.39, 0.29) is 36.4 Å². The number of carbonyl (C=O) groups excluding carboxylic acids is 1. The monoisotopic (exact) mass is 320 g/mol. The van der Waals surface area contributed by atoms with Gasteiger partial charge in [-0.1, -0.05) is 20.8 Å². The van der Waals surface area contributed by atoms with Gasteiger partial charge in [0, 0.05) is 25.7 Å². The minimum absolute atomic E-state index is 0.0162. The SMILES string of the molecule is CC(C)(C)C(CCO)NC(=O)C1CCCN(S(C)(=O)=O)C1. The Hall–Kier alpha value is -0.660. The molecule has 2 unspecified atom stereocenters. The number of hydrogen-bond donors (Lipinski definition) is 2. The molecule has 7 heteroatoms. The second kappa shape index (κ2) is 7.07. The lowest BCUT2D eigenvalue weighted by Gasteiger charge is -2.35. The molecule has 1 rings (SSSR count). The number of hydrogen-bond acceptors (Lipinski definition) is 4. The standard InChI is InChI=1S/C14H28N2O4S/c1-14(2,3)12(7-9-17)15-13(18)11-6-5-8-16(10-11)21(4,19)20/h11-12,17H,5-10H2,1-4H3,(H,15,18). The molecule has 2 atom stereocenters. The zero-order valence-corrected chi connectivity index (χ0v) is 14.2. The summed E-state index contributed by atoms with van der Waals surface area (Å²) in [7, 11) is -3.25. The molecule has 0 aromatic rings. The average molecular weight is 320 g/mol. The summed E-state index contributed by atoms with van der Waals surface area (Å²) in [4.78, 5) is 12.4. The molecular weight excluding hydrogens is 292 g/mol. The van der Waals surface area contributed by atoms with Crippen LogP contribution in [0.15, 0.2) is 0 Å². The molecule has 1 heterocycles. The fourth-order valence-corrected chi connectivity index (χ4v) is 3.51. The molecular formula is C14H28N2O4S. The first-order valence-electron chi connectivity index (χ1n) is 7.42. The van der Waals surface area contributed by atoms with E-state index < -0.39 is 10.0 Å². The molecule has 0 saturated carbocycles. The summed E-state index contributed by atoms with van der Waals surface area (Å²) >= 11 is 0. The summed E-state index contributed by atoms with van der Waals surface area (Å²) in [5, 5.41) is 12.1. The topological polar surface area (TPSA) is 86.7 Å². The molecule has 6 nitrogen and oxygen atoms in total. The molecule has 1 amide bonds. The van der Waals surface area contributed by atoms with Crippen molar-refractivity contribution in [3.05, 3.63) is 0 Å². The van der Waals surface area contributed by atoms with Gasteiger partial charge in [0.05, 0.1) is 12.2 Å². The highest BCUT2D eigenvalue weighted by molar-refractivity contribution is 7.88. The number of sulfonamides is 1. The number of nitrogens with zero attached hydrogens (tertiary/aromatic N) is 1. The summed E-state index contributed by atoms with van der Waals surface area (Å²) in [6, 6.07) is -0.122. The van der Waals surface area contributed by atoms with Crippen LogP contribution in [0.5, 0.6) is 0 Å². The van der Waals surface area contributed by atoms with Crippen molar-refractivity contribution in [1.29, 1.82) is 0 Å². The Morgan fingerprint density at radius 3 is 2.52 bits per heavy atom. The number of amides is 1. The van der Waals surface area contributed by atoms with Gasteiger partial charge >= 0.3 is 0 Å². The summed E-state index contributed by atoms with van der Waals surface area (Å²) in [6.07, 6.45) is 3.08. The summed E-state index contributed by atoms with van der Waals surface area (Å²) < 4.78 is 24.6. The van der Waals surface area contributed by atoms with Crippen LogP contribution in [-0.4, -0.2) is 55.7 Å². The molecule has 0 aliphatic carbocycles. The summed E-state index contributed by atoms with van der Waals surface area (Å²) in [6.45, 7) is 6.79. The first-order valence-corrected chi connectivity index (χ1v) is 9.27. The molecule has 1 aliphatic rings. The van der Waals surface area contributed by atoms with E-state index >= 15 is 0 Å². The van der Waals surface area contributed by atoms with Crippen molar-refractivity contribution in [2.45, 2.75) is 46.1 Å². The van der Waals surface area contributed by atoms with E-state index in [9.17, 15) is 13.2 Å². The zero-order valence-electron chi connectivity index (χ0n) is 13.4. The third-order valence-corrected chi connectivity index (χ3v) is 5.27. The summed E-state index contributed by atoms with van der Waals surface area (Å²) in [5.74, 6) is -0.422. The highest BCUT2D eigenvalue weighted by Gasteiger charge is 2.33. The van der Waals surface area contributed by atoms with Crippen molar-refractivity contribution in [2.24, 2.45) is 11.3 Å². The second-order valence-corrected chi connectivity index (χ2v) is 8.88. The fraction of sp³-hybridized carbons (Fsp3) is 0.929. The lowest BCUT2D eigenvalue weighted by Crippen LogP contribution is -2.50. The molecule has 1 saturated heterocycles. The van der Waals surface area contributed by atoms with Crippen molar-refractivity contribution < 1.29 is 18.3 Å². The van der Waals surface area contributed by atoms with E-state index in [0.717, 1.165) is 0 Å². The predicted octanol–water partition coefficient (Wildman–Crippen LogP) is 0.571. The van der Waals surface area contributed by atoms with Crippen LogP contribution in [0.4, 0.5) is 0 Å². The van der Waals surface area contributed by atoms with Gasteiger partial charge in [0.15, 0.2) is 0 Å². The number of aliphatic hydroxyl groups is 1. The smallest absolute Gasteiger partial charge is 0.224 e. The lowest BCUT2D eigenvalue weighted by molar-refractivity contribution is -0.127. The van der Waals surface area contributed by atoms with Crippen LogP contribution in [0.1, 0.15) is 40.0 Å². The predicted molar refractivity (Wildman–Crippen MR) is 82.2 cm³/mol. The van der Waals surface area contributed by atoms with Crippen LogP contribution in [0.2, 0.25) is 0 Å². The van der Waals surface area contributed by atoms with Crippen LogP contribution in [-0.2, 0) is 14.8 Å². The molecule has 1 aliphatic heterocycles. The van der Waals surface area contributed by atoms with Crippen LogP contribution in [0.3, 0.4) is 0 Å². The van der Waals surface area contributed by atoms with Gasteiger partial charge in [-0.3, -0.25) is 4.79 Å². The van der Waals surface area contributed by atoms with Crippen molar-refractivity contribution in [3.8, 4) is 0 Å². The van der Waals surface area contributed by atoms with Crippen molar-refractivity contribution >= 4 is 15.9 Å². The first kappa shape index (κ1) is 18.4. The van der Waals surface area contributed by atoms with Gasteiger partial charge in [0.25, 0.3) is 0 Å². The Morgan fingerprint density at radius 2 is 2.05 bits per heavy atom. The van der Waals surface area contributed by atoms with Gasteiger partial charge in [-0.05, 0) is 24.7 Å². The van der Waals surface area contributed by atoms with Gasteiger partial charge in [-0.25, -0.2) is 12.7 Å². The van der Waals surface area contributed by atoms with Gasteiger partial charge < -0.3 is 10.4 Å². The Balaban J connectivity index is 2.70. The van der Waals surface area contributed by atoms with Crippen LogP contribution in [0, 0.1) is 11.3 Å². The second-order valence-electron chi connectivity index (χ2n) is 6.90. The van der Waals surface area contributed by atoms with E-state index in [4.69, 9.17) is 5.11 Å². The van der Waals surface area contributed by atoms with Gasteiger partial charge in [-0.2, -0.15) is 0 Å². The largest absolute Gasteiger partial charge is 0.396 e. The number of carbonyl (C=O) groups is 1. The van der Waals surface area contributed by atoms with Crippen molar-refractivity contribution in [2.75, 3.05) is 26.0 Å². The highest BCUT2D eigenvalue weighted by atomic mass is 32.2. The van der Waals surface area contributed by atoms with Crippen molar-refractivity contribution in [3.63, 3.8) is 0 Å². The number of piperidine rings is 1. The van der Waals surface area contributed by atoms with Crippen LogP contribution >= 0.6 is 0 Å². The maximum Gasteiger partial charge on any atom is 0.224 e. The van der Waals surface area contributed by atoms with E-state index in [2.05, 4.69) is 5.32 Å². The molecule has 1 fully saturated rings. The molecule has 0 aromatic carbocycles. The molecule has 21 heavy (non-hydrogen) atoms. The van der Waals surface area contributed by atoms with Gasteiger partial charge in [0.2, 0.25) is 15.9 Å². The van der Waals surface area contributed by atoms with Gasteiger partial charge in [-0.15, -0.1) is 0 Å². The molecule has 0 aromatic heterocycles. The Morgan fingerprint density at radius 1 is 1.43 bits per heavy atom. The number of nitrogens with one attached hydrogen (secondary N) is 1. The first-order chi connectivity index (χ1) is 9.55. The van der Waals surface area contributed by atoms with E-state index in [0.29, 0.717) is 25.8 Å². The van der Waals surface area contributed by atoms with Crippen LogP contribution < -0.4 is 5.32 Å². The molecule has 0 spiro atoms. The molecule has 0 radical (unpaired) electrons. The normalized spacial score (nSPS) is 22.8. The average Bonchev–Trinajstić information content (AvgIpc) is 2.36. The van der Waals surface area contributed by atoms with Crippen LogP contribution in [0.25, 0.3) is 0 Å². The molecule has 0 bridgehead atoms. The number of rotatable bonds is 5. The van der Waals surface area contributed by atoms with E-state index in [1.165, 1.54) is 10.6 Å². The van der Waals surface area contributed by atoms with E-state index in [1.54, 1.807) is 0 Å². The molecule has 124 valence electrons. The zero-order chi connectivity index (χ0) is 16.3. The maximum absolute atomic E-state index is 12.4. The number of aliphatic hydroxyl groups excluding tert-OH is 1. The molecule has 2 N–H and O–H groups in total. The minimum atomic E-state index is -3.25. The maximum atomic E-state index is 12.4. The van der Waals surface area contributed by atoms with Gasteiger partial charge in [0.1, 0.15) is 0 Å². The third-order valence-electron chi connectivity index (χ3n) is 4.00. The fourth-order valence-electron chi connectivity index (χ4n) is 2.60. The quantitative estimate of drug-likeness (QED) is 0.775. The summed E-state index contributed by atoms with van der Waals surface area (Å²) in [5.41, 5.74) is -0.149. The third kappa shape index (κ3) is 5.56. The lowest BCUT2D eigenvalue weighted by atomic mass is 9.84. The Labute approximate surface area is 128 Å². The van der Waals surface area contributed by atoms with E-state index in [1.807, 2.05) is 20.8 Å². The van der Waals surface area contributed by atoms with Crippen molar-refractivity contribution in [1.82, 2.24) is 9.62 Å². The minimum Gasteiger partial charge on any atom is -0.396 e. The Kier molecular flexibility index (Phi) is 6.19.